The third-order valence-corrected chi connectivity index (χ3v) is 2.40. The summed E-state index contributed by atoms with van der Waals surface area (Å²) in [6, 6.07) is 1.53. The number of furan rings is 1. The quantitative estimate of drug-likeness (QED) is 0.617. The van der Waals surface area contributed by atoms with Gasteiger partial charge in [0.15, 0.2) is 0 Å². The Morgan fingerprint density at radius 3 is 2.65 bits per heavy atom. The molecule has 0 aliphatic rings. The van der Waals surface area contributed by atoms with Crippen molar-refractivity contribution < 1.29 is 23.5 Å². The lowest BCUT2D eigenvalue weighted by Crippen LogP contribution is -2.05. The molecule has 0 saturated carbocycles. The van der Waals surface area contributed by atoms with Crippen LogP contribution in [0.25, 0.3) is 0 Å². The van der Waals surface area contributed by atoms with Crippen molar-refractivity contribution in [2.24, 2.45) is 0 Å². The number of carbonyl (C=O) groups excluding carboxylic acids is 2. The van der Waals surface area contributed by atoms with Crippen LogP contribution in [-0.4, -0.2) is 18.5 Å². The molecule has 17 heavy (non-hydrogen) atoms. The molecule has 0 bridgehead atoms. The highest BCUT2D eigenvalue weighted by Crippen LogP contribution is 2.20. The minimum Gasteiger partial charge on any atom is -0.462 e. The second-order valence-electron chi connectivity index (χ2n) is 3.18. The molecule has 0 aromatic carbocycles. The molecule has 1 aromatic heterocycles. The number of esters is 2. The van der Waals surface area contributed by atoms with Gasteiger partial charge in [0.2, 0.25) is 0 Å². The maximum absolute atomic E-state index is 11.6. The zero-order chi connectivity index (χ0) is 12.8. The van der Waals surface area contributed by atoms with Gasteiger partial charge in [0.25, 0.3) is 0 Å². The molecule has 0 saturated heterocycles. The molecule has 1 heterocycles. The Morgan fingerprint density at radius 1 is 1.41 bits per heavy atom. The van der Waals surface area contributed by atoms with Crippen molar-refractivity contribution in [1.82, 2.24) is 0 Å². The number of carbonyl (C=O) groups is 2. The fourth-order valence-electron chi connectivity index (χ4n) is 1.21. The van der Waals surface area contributed by atoms with Crippen molar-refractivity contribution in [2.45, 2.75) is 25.8 Å². The average molecular weight is 305 g/mol. The lowest BCUT2D eigenvalue weighted by molar-refractivity contribution is -0.142. The number of hydrogen-bond acceptors (Lipinski definition) is 5. The van der Waals surface area contributed by atoms with E-state index in [0.717, 1.165) is 0 Å². The molecule has 6 heteroatoms. The maximum atomic E-state index is 11.6. The number of alkyl halides is 1. The van der Waals surface area contributed by atoms with Gasteiger partial charge in [0.1, 0.15) is 23.7 Å². The molecule has 0 unspecified atom stereocenters. The predicted octanol–water partition coefficient (Wildman–Crippen LogP) is 2.41. The average Bonchev–Trinajstić information content (AvgIpc) is 2.70. The van der Waals surface area contributed by atoms with E-state index in [4.69, 9.17) is 13.9 Å². The normalized spacial score (nSPS) is 10.1. The highest BCUT2D eigenvalue weighted by Gasteiger charge is 2.18. The van der Waals surface area contributed by atoms with E-state index >= 15 is 0 Å². The molecule has 0 spiro atoms. The van der Waals surface area contributed by atoms with Crippen LogP contribution < -0.4 is 0 Å². The lowest BCUT2D eigenvalue weighted by Gasteiger charge is -1.99. The van der Waals surface area contributed by atoms with Gasteiger partial charge in [0, 0.05) is 6.92 Å². The number of rotatable bonds is 5. The molecule has 0 aliphatic heterocycles. The molecule has 1 aromatic rings. The summed E-state index contributed by atoms with van der Waals surface area (Å²) in [4.78, 5) is 22.2. The number of ether oxygens (including phenoxy) is 2. The zero-order valence-electron chi connectivity index (χ0n) is 9.62. The summed E-state index contributed by atoms with van der Waals surface area (Å²) in [5.41, 5.74) is 0.353. The van der Waals surface area contributed by atoms with E-state index in [1.165, 1.54) is 13.0 Å². The first-order valence-corrected chi connectivity index (χ1v) is 6.18. The van der Waals surface area contributed by atoms with Gasteiger partial charge in [-0.15, -0.1) is 0 Å². The van der Waals surface area contributed by atoms with E-state index in [9.17, 15) is 9.59 Å². The second-order valence-corrected chi connectivity index (χ2v) is 3.74. The van der Waals surface area contributed by atoms with Crippen LogP contribution in [0.1, 0.15) is 35.7 Å². The van der Waals surface area contributed by atoms with E-state index < -0.39 is 11.9 Å². The van der Waals surface area contributed by atoms with Gasteiger partial charge in [-0.05, 0) is 13.0 Å². The maximum Gasteiger partial charge on any atom is 0.341 e. The van der Waals surface area contributed by atoms with Gasteiger partial charge in [-0.2, -0.15) is 0 Å². The molecule has 1 rings (SSSR count). The van der Waals surface area contributed by atoms with Crippen LogP contribution in [0.2, 0.25) is 0 Å². The van der Waals surface area contributed by atoms with E-state index in [-0.39, 0.29) is 6.61 Å². The van der Waals surface area contributed by atoms with Crippen LogP contribution in [-0.2, 0) is 26.2 Å². The van der Waals surface area contributed by atoms with Crippen LogP contribution in [0.5, 0.6) is 0 Å². The first-order valence-electron chi connectivity index (χ1n) is 5.06. The van der Waals surface area contributed by atoms with Crippen LogP contribution in [0.3, 0.4) is 0 Å². The van der Waals surface area contributed by atoms with Gasteiger partial charge < -0.3 is 13.9 Å². The summed E-state index contributed by atoms with van der Waals surface area (Å²) < 4.78 is 15.0. The van der Waals surface area contributed by atoms with Crippen molar-refractivity contribution >= 4 is 27.9 Å². The highest BCUT2D eigenvalue weighted by molar-refractivity contribution is 9.08. The van der Waals surface area contributed by atoms with Crippen molar-refractivity contribution in [2.75, 3.05) is 6.61 Å². The molecule has 0 radical (unpaired) electrons. The molecule has 0 atom stereocenters. The van der Waals surface area contributed by atoms with Gasteiger partial charge >= 0.3 is 11.9 Å². The fraction of sp³-hybridized carbons (Fsp3) is 0.455. The first kappa shape index (κ1) is 13.8. The van der Waals surface area contributed by atoms with Crippen molar-refractivity contribution in [1.29, 1.82) is 0 Å². The molecule has 0 fully saturated rings. The van der Waals surface area contributed by atoms with Gasteiger partial charge in [0.05, 0.1) is 11.9 Å². The Hall–Kier alpha value is -1.30. The molecule has 94 valence electrons. The summed E-state index contributed by atoms with van der Waals surface area (Å²) >= 11 is 3.21. The Balaban J connectivity index is 2.82. The molecule has 0 aliphatic carbocycles. The van der Waals surface area contributed by atoms with Crippen LogP contribution >= 0.6 is 15.9 Å². The Labute approximate surface area is 107 Å². The topological polar surface area (TPSA) is 65.7 Å². The third kappa shape index (κ3) is 3.89. The smallest absolute Gasteiger partial charge is 0.341 e. The minimum absolute atomic E-state index is 0.00867. The molecule has 5 nitrogen and oxygen atoms in total. The second kappa shape index (κ2) is 6.44. The number of halogens is 1. The third-order valence-electron chi connectivity index (χ3n) is 1.89. The van der Waals surface area contributed by atoms with E-state index in [1.807, 2.05) is 0 Å². The van der Waals surface area contributed by atoms with Crippen molar-refractivity contribution in [3.63, 3.8) is 0 Å². The predicted molar refractivity (Wildman–Crippen MR) is 62.8 cm³/mol. The van der Waals surface area contributed by atoms with Gasteiger partial charge in [-0.25, -0.2) is 4.79 Å². The van der Waals surface area contributed by atoms with Crippen LogP contribution in [0.4, 0.5) is 0 Å². The molecular formula is C11H13BrO5. The first-order chi connectivity index (χ1) is 8.08. The van der Waals surface area contributed by atoms with E-state index in [2.05, 4.69) is 15.9 Å². The van der Waals surface area contributed by atoms with Crippen molar-refractivity contribution in [3.8, 4) is 0 Å². The Morgan fingerprint density at radius 2 is 2.12 bits per heavy atom. The summed E-state index contributed by atoms with van der Waals surface area (Å²) in [6.45, 7) is 3.34. The Kier molecular flexibility index (Phi) is 5.21. The minimum atomic E-state index is -0.445. The van der Waals surface area contributed by atoms with Crippen LogP contribution in [0, 0.1) is 0 Å². The summed E-state index contributed by atoms with van der Waals surface area (Å²) in [5, 5.41) is 0.390. The van der Waals surface area contributed by atoms with Gasteiger partial charge in [-0.1, -0.05) is 15.9 Å². The van der Waals surface area contributed by atoms with E-state index in [0.29, 0.717) is 29.0 Å². The van der Waals surface area contributed by atoms with Crippen LogP contribution in [0.15, 0.2) is 10.5 Å². The Bertz CT molecular complexity index is 410. The summed E-state index contributed by atoms with van der Waals surface area (Å²) in [7, 11) is 0. The fourth-order valence-corrected chi connectivity index (χ4v) is 1.63. The largest absolute Gasteiger partial charge is 0.462 e. The lowest BCUT2D eigenvalue weighted by atomic mass is 10.2. The summed E-state index contributed by atoms with van der Waals surface area (Å²) in [6.07, 6.45) is 0. The standard InChI is InChI=1S/C11H13BrO5/c1-3-15-11(14)9-4-8(6-16-7(2)13)17-10(9)5-12/h4H,3,5-6H2,1-2H3. The van der Waals surface area contributed by atoms with E-state index in [1.54, 1.807) is 6.92 Å². The number of hydrogen-bond donors (Lipinski definition) is 0. The monoisotopic (exact) mass is 304 g/mol. The molecular weight excluding hydrogens is 292 g/mol. The molecule has 0 N–H and O–H groups in total. The van der Waals surface area contributed by atoms with Crippen molar-refractivity contribution in [3.05, 3.63) is 23.2 Å². The highest BCUT2D eigenvalue weighted by atomic mass is 79.9. The SMILES string of the molecule is CCOC(=O)c1cc(COC(C)=O)oc1CBr. The summed E-state index contributed by atoms with van der Waals surface area (Å²) in [5.74, 6) is 0.0301. The molecule has 0 amide bonds. The zero-order valence-corrected chi connectivity index (χ0v) is 11.2. The van der Waals surface area contributed by atoms with Gasteiger partial charge in [-0.3, -0.25) is 4.79 Å².